The molecule has 3 rings (SSSR count). The normalized spacial score (nSPS) is 11.7. The first-order valence-corrected chi connectivity index (χ1v) is 8.97. The van der Waals surface area contributed by atoms with Crippen LogP contribution < -0.4 is 5.32 Å². The van der Waals surface area contributed by atoms with Crippen molar-refractivity contribution in [1.29, 1.82) is 5.26 Å². The number of amides is 1. The van der Waals surface area contributed by atoms with Crippen LogP contribution in [0.3, 0.4) is 0 Å². The van der Waals surface area contributed by atoms with E-state index in [4.69, 9.17) is 5.26 Å². The molecule has 1 atom stereocenters. The number of halogens is 1. The van der Waals surface area contributed by atoms with E-state index in [1.54, 1.807) is 36.6 Å². The van der Waals surface area contributed by atoms with Crippen LogP contribution in [-0.2, 0) is 4.79 Å². The first-order chi connectivity index (χ1) is 12.1. The number of H-pyrrole nitrogens is 1. The quantitative estimate of drug-likeness (QED) is 0.666. The van der Waals surface area contributed by atoms with Gasteiger partial charge in [0.1, 0.15) is 16.9 Å². The highest BCUT2D eigenvalue weighted by Gasteiger charge is 2.19. The van der Waals surface area contributed by atoms with Gasteiger partial charge in [0.15, 0.2) is 5.82 Å². The third-order valence-electron chi connectivity index (χ3n) is 3.27. The number of thioether (sulfide) groups is 1. The van der Waals surface area contributed by atoms with E-state index in [1.165, 1.54) is 17.4 Å². The van der Waals surface area contributed by atoms with Gasteiger partial charge in [-0.1, -0.05) is 23.9 Å². The minimum Gasteiger partial charge on any atom is -0.316 e. The van der Waals surface area contributed by atoms with Gasteiger partial charge in [-0.15, -0.1) is 16.4 Å². The maximum Gasteiger partial charge on any atom is 0.238 e. The second-order valence-electron chi connectivity index (χ2n) is 4.97. The number of benzene rings is 1. The van der Waals surface area contributed by atoms with Gasteiger partial charge in [0, 0.05) is 0 Å². The van der Waals surface area contributed by atoms with E-state index in [2.05, 4.69) is 20.5 Å². The Morgan fingerprint density at radius 1 is 1.44 bits per heavy atom. The van der Waals surface area contributed by atoms with Gasteiger partial charge in [0.25, 0.3) is 0 Å². The molecule has 2 aromatic heterocycles. The molecule has 9 heteroatoms. The van der Waals surface area contributed by atoms with E-state index < -0.39 is 11.1 Å². The Morgan fingerprint density at radius 2 is 2.24 bits per heavy atom. The molecule has 1 aromatic carbocycles. The van der Waals surface area contributed by atoms with Crippen LogP contribution in [0.15, 0.2) is 40.9 Å². The SMILES string of the molecule is C[C@@H](Sc1n[nH]c(-c2ccccc2F)n1)C(=O)Nc1sccc1C#N. The number of carbonyl (C=O) groups excluding carboxylic acids is 1. The van der Waals surface area contributed by atoms with Crippen LogP contribution >= 0.6 is 23.1 Å². The fourth-order valence-electron chi connectivity index (χ4n) is 1.99. The zero-order valence-corrected chi connectivity index (χ0v) is 14.6. The standard InChI is InChI=1S/C16H12FN5OS2/c1-9(14(23)20-15-10(8-18)6-7-24-15)25-16-19-13(21-22-16)11-4-2-3-5-12(11)17/h2-7,9H,1H3,(H,20,23)(H,19,21,22)/t9-/m1/s1. The molecule has 126 valence electrons. The zero-order valence-electron chi connectivity index (χ0n) is 13.0. The van der Waals surface area contributed by atoms with E-state index in [-0.39, 0.29) is 5.91 Å². The maximum absolute atomic E-state index is 13.8. The molecule has 0 saturated heterocycles. The van der Waals surface area contributed by atoms with Crippen molar-refractivity contribution in [3.05, 3.63) is 47.1 Å². The molecule has 3 aromatic rings. The summed E-state index contributed by atoms with van der Waals surface area (Å²) in [6.45, 7) is 1.71. The molecule has 25 heavy (non-hydrogen) atoms. The second-order valence-corrected chi connectivity index (χ2v) is 7.20. The number of thiophene rings is 1. The predicted octanol–water partition coefficient (Wildman–Crippen LogP) is 3.66. The monoisotopic (exact) mass is 373 g/mol. The molecule has 0 aliphatic heterocycles. The molecule has 0 aliphatic rings. The lowest BCUT2D eigenvalue weighted by Gasteiger charge is -2.08. The average molecular weight is 373 g/mol. The molecule has 0 aliphatic carbocycles. The summed E-state index contributed by atoms with van der Waals surface area (Å²) in [4.78, 5) is 16.5. The average Bonchev–Trinajstić information content (AvgIpc) is 3.24. The molecule has 0 saturated carbocycles. The highest BCUT2D eigenvalue weighted by atomic mass is 32.2. The van der Waals surface area contributed by atoms with E-state index in [9.17, 15) is 9.18 Å². The second kappa shape index (κ2) is 7.46. The fraction of sp³-hybridized carbons (Fsp3) is 0.125. The number of rotatable bonds is 5. The van der Waals surface area contributed by atoms with Crippen molar-refractivity contribution in [3.8, 4) is 17.5 Å². The van der Waals surface area contributed by atoms with Crippen molar-refractivity contribution in [2.24, 2.45) is 0 Å². The number of hydrogen-bond acceptors (Lipinski definition) is 6. The van der Waals surface area contributed by atoms with E-state index >= 15 is 0 Å². The molecular weight excluding hydrogens is 361 g/mol. The van der Waals surface area contributed by atoms with Crippen LogP contribution in [0.5, 0.6) is 0 Å². The topological polar surface area (TPSA) is 94.5 Å². The number of nitrogens with one attached hydrogen (secondary N) is 2. The summed E-state index contributed by atoms with van der Waals surface area (Å²) in [6.07, 6.45) is 0. The van der Waals surface area contributed by atoms with Crippen molar-refractivity contribution in [2.45, 2.75) is 17.3 Å². The van der Waals surface area contributed by atoms with Gasteiger partial charge in [0.05, 0.1) is 16.4 Å². The van der Waals surface area contributed by atoms with Crippen LogP contribution in [0.4, 0.5) is 9.39 Å². The fourth-order valence-corrected chi connectivity index (χ4v) is 3.46. The van der Waals surface area contributed by atoms with Crippen molar-refractivity contribution in [3.63, 3.8) is 0 Å². The molecular formula is C16H12FN5OS2. The molecule has 0 unspecified atom stereocenters. The number of anilines is 1. The molecule has 0 spiro atoms. The van der Waals surface area contributed by atoms with Crippen LogP contribution in [0.2, 0.25) is 0 Å². The first kappa shape index (κ1) is 17.1. The third-order valence-corrected chi connectivity index (χ3v) is 5.06. The Bertz CT molecular complexity index is 946. The number of aromatic amines is 1. The maximum atomic E-state index is 13.8. The summed E-state index contributed by atoms with van der Waals surface area (Å²) >= 11 is 2.43. The molecule has 0 fully saturated rings. The van der Waals surface area contributed by atoms with Crippen molar-refractivity contribution < 1.29 is 9.18 Å². The molecule has 0 bridgehead atoms. The summed E-state index contributed by atoms with van der Waals surface area (Å²) in [7, 11) is 0. The van der Waals surface area contributed by atoms with Crippen molar-refractivity contribution >= 4 is 34.0 Å². The highest BCUT2D eigenvalue weighted by molar-refractivity contribution is 8.00. The Labute approximate surface area is 151 Å². The smallest absolute Gasteiger partial charge is 0.238 e. The Morgan fingerprint density at radius 3 is 3.00 bits per heavy atom. The number of aromatic nitrogens is 3. The Hall–Kier alpha value is -2.70. The number of nitrogens with zero attached hydrogens (tertiary/aromatic N) is 3. The zero-order chi connectivity index (χ0) is 17.8. The lowest BCUT2D eigenvalue weighted by Crippen LogP contribution is -2.22. The van der Waals surface area contributed by atoms with Gasteiger partial charge in [-0.2, -0.15) is 5.26 Å². The minimum absolute atomic E-state index is 0.263. The molecule has 2 N–H and O–H groups in total. The van der Waals surface area contributed by atoms with Crippen LogP contribution in [0, 0.1) is 17.1 Å². The van der Waals surface area contributed by atoms with Gasteiger partial charge >= 0.3 is 0 Å². The summed E-state index contributed by atoms with van der Waals surface area (Å²) in [5, 5.41) is 20.5. The molecule has 2 heterocycles. The lowest BCUT2D eigenvalue weighted by atomic mass is 10.2. The predicted molar refractivity (Wildman–Crippen MR) is 94.8 cm³/mol. The summed E-state index contributed by atoms with van der Waals surface area (Å²) in [6, 6.07) is 9.91. The van der Waals surface area contributed by atoms with Gasteiger partial charge < -0.3 is 5.32 Å². The third kappa shape index (κ3) is 3.87. The van der Waals surface area contributed by atoms with Gasteiger partial charge in [-0.3, -0.25) is 9.89 Å². The minimum atomic E-state index is -0.488. The summed E-state index contributed by atoms with van der Waals surface area (Å²) in [5.74, 6) is -0.359. The van der Waals surface area contributed by atoms with E-state index in [0.717, 1.165) is 11.8 Å². The summed E-state index contributed by atoms with van der Waals surface area (Å²) < 4.78 is 13.8. The Kier molecular flexibility index (Phi) is 5.11. The van der Waals surface area contributed by atoms with Gasteiger partial charge in [0.2, 0.25) is 11.1 Å². The van der Waals surface area contributed by atoms with Crippen molar-refractivity contribution in [2.75, 3.05) is 5.32 Å². The number of hydrogen-bond donors (Lipinski definition) is 2. The first-order valence-electron chi connectivity index (χ1n) is 7.21. The van der Waals surface area contributed by atoms with Crippen LogP contribution in [0.1, 0.15) is 12.5 Å². The highest BCUT2D eigenvalue weighted by Crippen LogP contribution is 2.27. The van der Waals surface area contributed by atoms with E-state index in [0.29, 0.717) is 27.1 Å². The lowest BCUT2D eigenvalue weighted by molar-refractivity contribution is -0.115. The van der Waals surface area contributed by atoms with E-state index in [1.807, 2.05) is 6.07 Å². The number of nitriles is 1. The molecule has 0 radical (unpaired) electrons. The van der Waals surface area contributed by atoms with Crippen molar-refractivity contribution in [1.82, 2.24) is 15.2 Å². The molecule has 1 amide bonds. The van der Waals surface area contributed by atoms with Crippen LogP contribution in [0.25, 0.3) is 11.4 Å². The van der Waals surface area contributed by atoms with Gasteiger partial charge in [-0.05, 0) is 30.5 Å². The van der Waals surface area contributed by atoms with Crippen LogP contribution in [-0.4, -0.2) is 26.3 Å². The largest absolute Gasteiger partial charge is 0.316 e. The van der Waals surface area contributed by atoms with Gasteiger partial charge in [-0.25, -0.2) is 9.37 Å². The molecule has 6 nitrogen and oxygen atoms in total. The number of carbonyl (C=O) groups is 1. The Balaban J connectivity index is 1.67. The summed E-state index contributed by atoms with van der Waals surface area (Å²) in [5.41, 5.74) is 0.742.